The van der Waals surface area contributed by atoms with Gasteiger partial charge in [-0.05, 0) is 12.8 Å². The smallest absolute Gasteiger partial charge is 0.302 e. The molecule has 2 aliphatic rings. The molecule has 2 rings (SSSR count). The van der Waals surface area contributed by atoms with Crippen LogP contribution in [0.2, 0.25) is 0 Å². The van der Waals surface area contributed by atoms with Crippen molar-refractivity contribution < 1.29 is 19.0 Å². The predicted molar refractivity (Wildman–Crippen MR) is 51.9 cm³/mol. The van der Waals surface area contributed by atoms with Crippen LogP contribution in [0, 0.1) is 12.8 Å². The molecule has 3 atom stereocenters. The van der Waals surface area contributed by atoms with E-state index in [-0.39, 0.29) is 31.0 Å². The van der Waals surface area contributed by atoms with Crippen LogP contribution in [0.1, 0.15) is 13.8 Å². The fourth-order valence-electron chi connectivity index (χ4n) is 1.53. The molecular formula is C10H13NO4. The summed E-state index contributed by atoms with van der Waals surface area (Å²) < 4.78 is 15.7. The van der Waals surface area contributed by atoms with Crippen LogP contribution in [-0.4, -0.2) is 36.9 Å². The number of hydrogen-bond acceptors (Lipinski definition) is 5. The molecule has 2 radical (unpaired) electrons. The van der Waals surface area contributed by atoms with Crippen molar-refractivity contribution in [1.29, 1.82) is 0 Å². The normalized spacial score (nSPS) is 34.0. The van der Waals surface area contributed by atoms with Gasteiger partial charge in [0.1, 0.15) is 12.6 Å². The minimum atomic E-state index is -0.365. The first-order valence-corrected chi connectivity index (χ1v) is 4.83. The van der Waals surface area contributed by atoms with Crippen molar-refractivity contribution in [2.45, 2.75) is 32.3 Å². The second-order valence-corrected chi connectivity index (χ2v) is 3.49. The van der Waals surface area contributed by atoms with Crippen LogP contribution in [0.3, 0.4) is 0 Å². The maximum Gasteiger partial charge on any atom is 0.302 e. The van der Waals surface area contributed by atoms with E-state index in [1.807, 2.05) is 12.8 Å². The summed E-state index contributed by atoms with van der Waals surface area (Å²) in [6.45, 7) is 3.38. The molecule has 0 N–H and O–H groups in total. The second-order valence-electron chi connectivity index (χ2n) is 3.49. The Kier molecular flexibility index (Phi) is 2.90. The van der Waals surface area contributed by atoms with Gasteiger partial charge in [-0.2, -0.15) is 0 Å². The highest BCUT2D eigenvalue weighted by Gasteiger charge is 2.37. The Morgan fingerprint density at radius 1 is 1.60 bits per heavy atom. The minimum Gasteiger partial charge on any atom is -0.463 e. The quantitative estimate of drug-likeness (QED) is 0.624. The third-order valence-electron chi connectivity index (χ3n) is 2.18. The van der Waals surface area contributed by atoms with E-state index >= 15 is 0 Å². The topological polar surface area (TPSA) is 57.1 Å². The molecule has 2 aliphatic heterocycles. The Bertz CT molecular complexity index is 289. The van der Waals surface area contributed by atoms with Crippen LogP contribution in [0.4, 0.5) is 0 Å². The van der Waals surface area contributed by atoms with Gasteiger partial charge in [0.25, 0.3) is 0 Å². The van der Waals surface area contributed by atoms with Gasteiger partial charge in [-0.1, -0.05) is 0 Å². The molecule has 82 valence electrons. The summed E-state index contributed by atoms with van der Waals surface area (Å²) in [6, 6.07) is -0.0569. The maximum absolute atomic E-state index is 10.6. The number of carbonyl (C=O) groups excluding carboxylic acids is 1. The molecule has 0 bridgehead atoms. The minimum absolute atomic E-state index is 0.0569. The molecule has 0 aromatic carbocycles. The molecule has 0 unspecified atom stereocenters. The van der Waals surface area contributed by atoms with E-state index in [1.165, 1.54) is 6.92 Å². The van der Waals surface area contributed by atoms with Crippen molar-refractivity contribution in [2.24, 2.45) is 4.99 Å². The van der Waals surface area contributed by atoms with Gasteiger partial charge >= 0.3 is 5.97 Å². The van der Waals surface area contributed by atoms with Crippen molar-refractivity contribution >= 4 is 11.9 Å². The van der Waals surface area contributed by atoms with Gasteiger partial charge < -0.3 is 14.2 Å². The first-order chi connectivity index (χ1) is 7.15. The summed E-state index contributed by atoms with van der Waals surface area (Å²) >= 11 is 0. The van der Waals surface area contributed by atoms with Gasteiger partial charge in [0.2, 0.25) is 6.29 Å². The molecule has 2 heterocycles. The molecule has 0 amide bonds. The fraction of sp³-hybridized carbons (Fsp3) is 0.600. The number of ether oxygens (including phenoxy) is 3. The van der Waals surface area contributed by atoms with Crippen LogP contribution in [0.15, 0.2) is 4.99 Å². The number of esters is 1. The number of nitrogens with zero attached hydrogens (tertiary/aromatic N) is 1. The highest BCUT2D eigenvalue weighted by molar-refractivity contribution is 5.75. The first kappa shape index (κ1) is 10.4. The van der Waals surface area contributed by atoms with Gasteiger partial charge in [-0.15, -0.1) is 0 Å². The Morgan fingerprint density at radius 3 is 3.13 bits per heavy atom. The van der Waals surface area contributed by atoms with E-state index in [9.17, 15) is 4.79 Å². The largest absolute Gasteiger partial charge is 0.463 e. The average molecular weight is 211 g/mol. The zero-order valence-electron chi connectivity index (χ0n) is 8.67. The lowest BCUT2D eigenvalue weighted by atomic mass is 10.1. The van der Waals surface area contributed by atoms with Crippen LogP contribution in [-0.2, 0) is 19.0 Å². The van der Waals surface area contributed by atoms with Crippen LogP contribution in [0.25, 0.3) is 0 Å². The summed E-state index contributed by atoms with van der Waals surface area (Å²) in [5.74, 6) is 0.316. The van der Waals surface area contributed by atoms with E-state index in [0.717, 1.165) is 0 Å². The number of fused-ring (bicyclic) bond motifs is 1. The molecule has 5 heteroatoms. The molecule has 15 heavy (non-hydrogen) atoms. The molecule has 0 saturated carbocycles. The molecule has 5 nitrogen and oxygen atoms in total. The molecule has 0 spiro atoms. The SMILES string of the molecule is CC(=O)OC[C@H]1[CH][CH][C@H]2N=C(C)O[C@H]2O1. The van der Waals surface area contributed by atoms with Gasteiger partial charge in [-0.25, -0.2) is 4.99 Å². The van der Waals surface area contributed by atoms with Crippen molar-refractivity contribution in [3.05, 3.63) is 12.8 Å². The number of aliphatic imine (C=N–C) groups is 1. The van der Waals surface area contributed by atoms with E-state index in [2.05, 4.69) is 4.99 Å². The lowest BCUT2D eigenvalue weighted by Crippen LogP contribution is -2.39. The van der Waals surface area contributed by atoms with E-state index in [4.69, 9.17) is 14.2 Å². The molecule has 0 aliphatic carbocycles. The number of rotatable bonds is 2. The Balaban J connectivity index is 1.81. The summed E-state index contributed by atoms with van der Waals surface area (Å²) in [6.07, 6.45) is 3.15. The Hall–Kier alpha value is -1.10. The zero-order chi connectivity index (χ0) is 10.8. The lowest BCUT2D eigenvalue weighted by Gasteiger charge is -2.29. The van der Waals surface area contributed by atoms with Crippen LogP contribution in [0.5, 0.6) is 0 Å². The van der Waals surface area contributed by atoms with E-state index in [0.29, 0.717) is 5.90 Å². The summed E-state index contributed by atoms with van der Waals surface area (Å²) in [5.41, 5.74) is 0. The summed E-state index contributed by atoms with van der Waals surface area (Å²) in [7, 11) is 0. The molecule has 0 aromatic heterocycles. The van der Waals surface area contributed by atoms with Crippen molar-refractivity contribution in [2.75, 3.05) is 6.61 Å². The van der Waals surface area contributed by atoms with Gasteiger partial charge in [-0.3, -0.25) is 4.79 Å². The molecule has 0 aromatic rings. The van der Waals surface area contributed by atoms with Gasteiger partial charge in [0, 0.05) is 13.8 Å². The standard InChI is InChI=1S/C10H13NO4/c1-6-11-9-4-3-8(5-13-7(2)12)15-10(9)14-6/h3-4,8-10H,5H2,1-2H3/t8-,9-,10+/m1/s1. The third-order valence-corrected chi connectivity index (χ3v) is 2.18. The summed E-state index contributed by atoms with van der Waals surface area (Å²) in [5, 5.41) is 0. The number of hydrogen-bond donors (Lipinski definition) is 0. The fourth-order valence-corrected chi connectivity index (χ4v) is 1.53. The van der Waals surface area contributed by atoms with Gasteiger partial charge in [0.15, 0.2) is 5.90 Å². The van der Waals surface area contributed by atoms with Crippen LogP contribution < -0.4 is 0 Å². The first-order valence-electron chi connectivity index (χ1n) is 4.83. The van der Waals surface area contributed by atoms with Crippen molar-refractivity contribution in [1.82, 2.24) is 0 Å². The Morgan fingerprint density at radius 2 is 2.40 bits per heavy atom. The average Bonchev–Trinajstić information content (AvgIpc) is 2.53. The molecular weight excluding hydrogens is 198 g/mol. The van der Waals surface area contributed by atoms with Crippen molar-refractivity contribution in [3.63, 3.8) is 0 Å². The lowest BCUT2D eigenvalue weighted by molar-refractivity contribution is -0.159. The highest BCUT2D eigenvalue weighted by atomic mass is 16.7. The van der Waals surface area contributed by atoms with Crippen LogP contribution >= 0.6 is 0 Å². The maximum atomic E-state index is 10.6. The molecule has 1 saturated heterocycles. The van der Waals surface area contributed by atoms with Crippen molar-refractivity contribution in [3.8, 4) is 0 Å². The monoisotopic (exact) mass is 211 g/mol. The summed E-state index contributed by atoms with van der Waals surface area (Å²) in [4.78, 5) is 14.8. The number of carbonyl (C=O) groups is 1. The van der Waals surface area contributed by atoms with E-state index in [1.54, 1.807) is 6.92 Å². The zero-order valence-corrected chi connectivity index (χ0v) is 8.67. The second kappa shape index (κ2) is 4.18. The van der Waals surface area contributed by atoms with Gasteiger partial charge in [0.05, 0.1) is 6.10 Å². The Labute approximate surface area is 88.4 Å². The predicted octanol–water partition coefficient (Wildman–Crippen LogP) is 0.500. The molecule has 1 fully saturated rings. The third kappa shape index (κ3) is 2.47. The highest BCUT2D eigenvalue weighted by Crippen LogP contribution is 2.26. The van der Waals surface area contributed by atoms with E-state index < -0.39 is 0 Å².